The average Bonchev–Trinajstić information content (AvgIpc) is 3.45. The van der Waals surface area contributed by atoms with E-state index in [1.807, 2.05) is 97.1 Å². The molecule has 46 heavy (non-hydrogen) atoms. The largest absolute Gasteiger partial charge is 0.494 e. The molecule has 0 unspecified atom stereocenters. The molecule has 9 nitrogen and oxygen atoms in total. The van der Waals surface area contributed by atoms with Gasteiger partial charge < -0.3 is 19.9 Å². The lowest BCUT2D eigenvalue weighted by molar-refractivity contribution is -0.128. The van der Waals surface area contributed by atoms with Crippen LogP contribution in [-0.4, -0.2) is 42.2 Å². The maximum absolute atomic E-state index is 14.5. The van der Waals surface area contributed by atoms with Crippen LogP contribution in [0.1, 0.15) is 40.3 Å². The van der Waals surface area contributed by atoms with Gasteiger partial charge in [-0.05, 0) is 82.7 Å². The summed E-state index contributed by atoms with van der Waals surface area (Å²) in [5.41, 5.74) is 11.7. The molecule has 1 amide bonds. The fourth-order valence-corrected chi connectivity index (χ4v) is 5.86. The molecule has 0 fully saturated rings. The van der Waals surface area contributed by atoms with Crippen LogP contribution in [0.15, 0.2) is 112 Å². The molecule has 1 aliphatic heterocycles. The number of nitrogens with one attached hydrogen (secondary N) is 1. The van der Waals surface area contributed by atoms with Crippen LogP contribution in [0.25, 0.3) is 10.4 Å². The molecule has 4 aromatic rings. The van der Waals surface area contributed by atoms with E-state index in [4.69, 9.17) is 36.7 Å². The standard InChI is InChI=1S/C35H33BrClN5O4/c36-28-13-9-25(10-14-28)22-35(34(44)39-18-17-24-5-3-7-29(37)21-24)32(31-8-2-1-6-27(31)23-40-42-38)46-33(41-35)26-11-15-30(16-12-26)45-20-4-19-43/h1-3,5-16,21,32,43H,4,17-20,22-23H2,(H,39,44)/t32-,35-/m1/s1. The second-order valence-electron chi connectivity index (χ2n) is 10.8. The number of nitrogens with zero attached hydrogens (tertiary/aromatic N) is 4. The zero-order valence-corrected chi connectivity index (χ0v) is 27.3. The zero-order chi connectivity index (χ0) is 32.4. The van der Waals surface area contributed by atoms with Crippen molar-refractivity contribution < 1.29 is 19.4 Å². The van der Waals surface area contributed by atoms with E-state index in [2.05, 4.69) is 31.3 Å². The van der Waals surface area contributed by atoms with Gasteiger partial charge in [-0.2, -0.15) is 0 Å². The van der Waals surface area contributed by atoms with E-state index >= 15 is 0 Å². The van der Waals surface area contributed by atoms with Crippen LogP contribution in [0.5, 0.6) is 5.75 Å². The third-order valence-corrected chi connectivity index (χ3v) is 8.41. The summed E-state index contributed by atoms with van der Waals surface area (Å²) < 4.78 is 13.3. The average molecular weight is 703 g/mol. The number of rotatable bonds is 14. The first-order valence-electron chi connectivity index (χ1n) is 14.9. The molecule has 1 heterocycles. The summed E-state index contributed by atoms with van der Waals surface area (Å²) in [4.78, 5) is 22.6. The second kappa shape index (κ2) is 15.8. The number of ether oxygens (including phenoxy) is 2. The number of azide groups is 1. The minimum absolute atomic E-state index is 0.0485. The minimum Gasteiger partial charge on any atom is -0.494 e. The second-order valence-corrected chi connectivity index (χ2v) is 12.2. The molecule has 11 heteroatoms. The molecule has 0 saturated carbocycles. The quantitative estimate of drug-likeness (QED) is 0.0609. The highest BCUT2D eigenvalue weighted by Crippen LogP contribution is 2.44. The summed E-state index contributed by atoms with van der Waals surface area (Å²) in [5.74, 6) is 0.666. The predicted octanol–water partition coefficient (Wildman–Crippen LogP) is 7.53. The van der Waals surface area contributed by atoms with Crippen molar-refractivity contribution in [2.45, 2.75) is 37.5 Å². The maximum atomic E-state index is 14.5. The maximum Gasteiger partial charge on any atom is 0.252 e. The van der Waals surface area contributed by atoms with Crippen molar-refractivity contribution >= 4 is 39.3 Å². The molecular formula is C35H33BrClN5O4. The number of hydrogen-bond acceptors (Lipinski definition) is 6. The molecule has 0 aromatic heterocycles. The summed E-state index contributed by atoms with van der Waals surface area (Å²) in [7, 11) is 0. The molecule has 5 rings (SSSR count). The monoisotopic (exact) mass is 701 g/mol. The third-order valence-electron chi connectivity index (χ3n) is 7.65. The topological polar surface area (TPSA) is 129 Å². The first-order valence-corrected chi connectivity index (χ1v) is 16.1. The van der Waals surface area contributed by atoms with Crippen molar-refractivity contribution in [3.63, 3.8) is 0 Å². The van der Waals surface area contributed by atoms with Gasteiger partial charge in [0.2, 0.25) is 5.90 Å². The van der Waals surface area contributed by atoms with Crippen LogP contribution in [0, 0.1) is 0 Å². The van der Waals surface area contributed by atoms with Crippen LogP contribution in [0.2, 0.25) is 5.02 Å². The molecule has 4 aromatic carbocycles. The van der Waals surface area contributed by atoms with Crippen LogP contribution in [-0.2, 0) is 28.9 Å². The minimum atomic E-state index is -1.40. The number of aliphatic hydroxyl groups is 1. The van der Waals surface area contributed by atoms with Crippen molar-refractivity contribution in [3.8, 4) is 5.75 Å². The lowest BCUT2D eigenvalue weighted by Gasteiger charge is -2.32. The lowest BCUT2D eigenvalue weighted by atomic mass is 9.80. The summed E-state index contributed by atoms with van der Waals surface area (Å²) in [6, 6.07) is 30.1. The molecule has 2 atom stereocenters. The van der Waals surface area contributed by atoms with Gasteiger partial charge in [0.25, 0.3) is 5.91 Å². The molecule has 0 aliphatic carbocycles. The first kappa shape index (κ1) is 33.0. The van der Waals surface area contributed by atoms with Crippen LogP contribution < -0.4 is 10.1 Å². The van der Waals surface area contributed by atoms with Gasteiger partial charge in [0.1, 0.15) is 5.75 Å². The Morgan fingerprint density at radius 1 is 1.07 bits per heavy atom. The Labute approximate surface area is 281 Å². The number of amides is 1. The fraction of sp³-hybridized carbons (Fsp3) is 0.257. The summed E-state index contributed by atoms with van der Waals surface area (Å²) in [6.07, 6.45) is 0.520. The van der Waals surface area contributed by atoms with Gasteiger partial charge in [0.05, 0.1) is 13.2 Å². The number of benzene rings is 4. The Morgan fingerprint density at radius 3 is 2.59 bits per heavy atom. The first-order chi connectivity index (χ1) is 22.4. The number of carbonyl (C=O) groups excluding carboxylic acids is 1. The number of hydrogen-bond donors (Lipinski definition) is 2. The van der Waals surface area contributed by atoms with Gasteiger partial charge in [-0.15, -0.1) is 0 Å². The van der Waals surface area contributed by atoms with E-state index in [0.29, 0.717) is 53.8 Å². The number of carbonyl (C=O) groups is 1. The number of aliphatic imine (C=N–C) groups is 1. The SMILES string of the molecule is [N-]=[N+]=NCc1ccccc1[C@H]1OC(c2ccc(OCCCO)cc2)=N[C@@]1(Cc1ccc(Br)cc1)C(=O)NCCc1cccc(Cl)c1. The van der Waals surface area contributed by atoms with E-state index in [1.165, 1.54) is 0 Å². The van der Waals surface area contributed by atoms with Crippen molar-refractivity contribution in [2.75, 3.05) is 19.8 Å². The highest BCUT2D eigenvalue weighted by atomic mass is 79.9. The Morgan fingerprint density at radius 2 is 1.85 bits per heavy atom. The summed E-state index contributed by atoms with van der Waals surface area (Å²) >= 11 is 9.70. The molecule has 2 N–H and O–H groups in total. The number of halogens is 2. The highest BCUT2D eigenvalue weighted by Gasteiger charge is 2.53. The normalized spacial score (nSPS) is 17.0. The number of aliphatic hydroxyl groups excluding tert-OH is 1. The van der Waals surface area contributed by atoms with Gasteiger partial charge in [-0.3, -0.25) is 4.79 Å². The van der Waals surface area contributed by atoms with Gasteiger partial charge in [-0.1, -0.05) is 81.2 Å². The van der Waals surface area contributed by atoms with Crippen molar-refractivity contribution in [2.24, 2.45) is 10.1 Å². The van der Waals surface area contributed by atoms with E-state index in [0.717, 1.165) is 21.2 Å². The molecule has 0 bridgehead atoms. The fourth-order valence-electron chi connectivity index (χ4n) is 5.38. The molecule has 0 spiro atoms. The Balaban J connectivity index is 1.56. The zero-order valence-electron chi connectivity index (χ0n) is 25.0. The van der Waals surface area contributed by atoms with E-state index in [9.17, 15) is 4.79 Å². The summed E-state index contributed by atoms with van der Waals surface area (Å²) in [6.45, 7) is 0.890. The Kier molecular flexibility index (Phi) is 11.3. The summed E-state index contributed by atoms with van der Waals surface area (Å²) in [5, 5.41) is 16.7. The van der Waals surface area contributed by atoms with Gasteiger partial charge in [0.15, 0.2) is 11.6 Å². The predicted molar refractivity (Wildman–Crippen MR) is 182 cm³/mol. The van der Waals surface area contributed by atoms with E-state index in [-0.39, 0.29) is 25.5 Å². The van der Waals surface area contributed by atoms with Gasteiger partial charge in [-0.25, -0.2) is 4.99 Å². The molecule has 0 radical (unpaired) electrons. The van der Waals surface area contributed by atoms with Crippen LogP contribution >= 0.6 is 27.5 Å². The van der Waals surface area contributed by atoms with E-state index < -0.39 is 11.6 Å². The Bertz CT molecular complexity index is 1730. The highest BCUT2D eigenvalue weighted by molar-refractivity contribution is 9.10. The van der Waals surface area contributed by atoms with Crippen molar-refractivity contribution in [3.05, 3.63) is 145 Å². The molecule has 236 valence electrons. The molecule has 0 saturated heterocycles. The smallest absolute Gasteiger partial charge is 0.252 e. The third kappa shape index (κ3) is 8.08. The van der Waals surface area contributed by atoms with Gasteiger partial charge >= 0.3 is 0 Å². The molecular weight excluding hydrogens is 670 g/mol. The van der Waals surface area contributed by atoms with Gasteiger partial charge in [0, 0.05) is 46.0 Å². The van der Waals surface area contributed by atoms with Crippen LogP contribution in [0.4, 0.5) is 0 Å². The Hall–Kier alpha value is -4.34. The molecule has 1 aliphatic rings. The van der Waals surface area contributed by atoms with Crippen molar-refractivity contribution in [1.29, 1.82) is 0 Å². The van der Waals surface area contributed by atoms with Crippen LogP contribution in [0.3, 0.4) is 0 Å². The van der Waals surface area contributed by atoms with E-state index in [1.54, 1.807) is 0 Å². The van der Waals surface area contributed by atoms with Crippen molar-refractivity contribution in [1.82, 2.24) is 5.32 Å². The lowest BCUT2D eigenvalue weighted by Crippen LogP contribution is -2.50.